The largest absolute Gasteiger partial charge is 0.507 e. The maximum absolute atomic E-state index is 11.8. The van der Waals surface area contributed by atoms with E-state index in [0.29, 0.717) is 81.3 Å². The summed E-state index contributed by atoms with van der Waals surface area (Å²) in [7, 11) is 9.60. The first kappa shape index (κ1) is 72.5. The zero-order valence-electron chi connectivity index (χ0n) is 55.2. The third-order valence-corrected chi connectivity index (χ3v) is 17.4. The van der Waals surface area contributed by atoms with Crippen molar-refractivity contribution >= 4 is 23.5 Å². The van der Waals surface area contributed by atoms with E-state index in [-0.39, 0.29) is 28.8 Å². The summed E-state index contributed by atoms with van der Waals surface area (Å²) in [5, 5.41) is 19.1. The Kier molecular flexibility index (Phi) is 30.8. The number of methoxy groups -OCH3 is 6. The minimum absolute atomic E-state index is 0.0276. The van der Waals surface area contributed by atoms with E-state index in [9.17, 15) is 14.7 Å². The van der Waals surface area contributed by atoms with E-state index in [4.69, 9.17) is 38.3 Å². The lowest BCUT2D eigenvalue weighted by Gasteiger charge is -2.50. The van der Waals surface area contributed by atoms with Gasteiger partial charge in [0.1, 0.15) is 51.6 Å². The van der Waals surface area contributed by atoms with Crippen LogP contribution in [0.3, 0.4) is 0 Å². The fourth-order valence-electron chi connectivity index (χ4n) is 10.8. The highest BCUT2D eigenvalue weighted by atomic mass is 32.2. The molecule has 2 aromatic rings. The van der Waals surface area contributed by atoms with Crippen LogP contribution in [0, 0.1) is 59.2 Å². The molecular weight excluding hydrogens is 1070 g/mol. The van der Waals surface area contributed by atoms with E-state index in [2.05, 4.69) is 152 Å². The maximum Gasteiger partial charge on any atom is 0.304 e. The number of carboxylic acids is 1. The van der Waals surface area contributed by atoms with Gasteiger partial charge in [0.05, 0.1) is 54.7 Å². The number of fused-ring (bicyclic) bond motifs is 2. The SMILES string of the molecule is CC1=CC[C@H](C(C)C)C=C1.CC1=CC[C@H](C(C)C)C=C1.COC1=CC(=O)C(=CCC(C)C)C(OC)=C1.COc1cc(O)c(C(CC(C)C)SCCC(=O)O)c(OC)c1.COc1cc(OC)c2c(c1)O[C@]1(C)C=C[C@@H](C(C)C)C[C@@H]1C2CC(C)C. The molecular formula is C72H108O11S. The lowest BCUT2D eigenvalue weighted by atomic mass is 9.63. The predicted octanol–water partition coefficient (Wildman–Crippen LogP) is 18.5. The van der Waals surface area contributed by atoms with Crippen molar-refractivity contribution in [3.05, 3.63) is 130 Å². The van der Waals surface area contributed by atoms with Crippen LogP contribution in [0.5, 0.6) is 34.5 Å². The van der Waals surface area contributed by atoms with Gasteiger partial charge in [-0.3, -0.25) is 9.59 Å². The van der Waals surface area contributed by atoms with Gasteiger partial charge in [0.2, 0.25) is 0 Å². The quantitative estimate of drug-likeness (QED) is 0.0964. The number of phenols is 1. The van der Waals surface area contributed by atoms with Gasteiger partial charge in [-0.15, -0.1) is 0 Å². The second-order valence-electron chi connectivity index (χ2n) is 25.2. The number of carbonyl (C=O) groups excluding carboxylic acids is 1. The molecule has 4 aliphatic carbocycles. The van der Waals surface area contributed by atoms with Crippen molar-refractivity contribution in [3.8, 4) is 34.5 Å². The molecule has 5 aliphatic rings. The Balaban J connectivity index is 0.000000289. The third kappa shape index (κ3) is 22.6. The third-order valence-electron chi connectivity index (χ3n) is 16.1. The normalized spacial score (nSPS) is 22.0. The number of carboxylic acid groups (broad SMARTS) is 1. The maximum atomic E-state index is 11.8. The van der Waals surface area contributed by atoms with E-state index in [1.54, 1.807) is 46.6 Å². The van der Waals surface area contributed by atoms with Crippen molar-refractivity contribution in [2.75, 3.05) is 48.4 Å². The number of aliphatic carboxylic acids is 1. The van der Waals surface area contributed by atoms with Gasteiger partial charge in [0.15, 0.2) is 5.78 Å². The molecule has 0 radical (unpaired) electrons. The molecule has 1 aliphatic heterocycles. The van der Waals surface area contributed by atoms with Crippen molar-refractivity contribution < 1.29 is 53.0 Å². The van der Waals surface area contributed by atoms with E-state index in [0.717, 1.165) is 66.6 Å². The topological polar surface area (TPSA) is 139 Å². The molecule has 0 aromatic heterocycles. The van der Waals surface area contributed by atoms with Crippen LogP contribution in [0.1, 0.15) is 171 Å². The number of allylic oxidation sites excluding steroid dienone is 13. The van der Waals surface area contributed by atoms with Crippen molar-refractivity contribution in [1.29, 1.82) is 0 Å². The molecule has 2 N–H and O–H groups in total. The molecule has 7 atom stereocenters. The molecule has 468 valence electrons. The molecule has 84 heavy (non-hydrogen) atoms. The Labute approximate surface area is 512 Å². The zero-order valence-corrected chi connectivity index (χ0v) is 56.0. The van der Waals surface area contributed by atoms with E-state index in [1.165, 1.54) is 61.6 Å². The summed E-state index contributed by atoms with van der Waals surface area (Å²) in [5.74, 6) is 11.3. The minimum Gasteiger partial charge on any atom is -0.507 e. The number of carbonyl (C=O) groups is 2. The zero-order chi connectivity index (χ0) is 63.0. The lowest BCUT2D eigenvalue weighted by molar-refractivity contribution is -0.136. The second kappa shape index (κ2) is 35.6. The van der Waals surface area contributed by atoms with Crippen LogP contribution in [0.25, 0.3) is 0 Å². The number of aromatic hydroxyl groups is 1. The summed E-state index contributed by atoms with van der Waals surface area (Å²) in [6.07, 6.45) is 30.1. The van der Waals surface area contributed by atoms with Crippen LogP contribution in [0.15, 0.2) is 119 Å². The first-order valence-corrected chi connectivity index (χ1v) is 31.6. The van der Waals surface area contributed by atoms with Crippen LogP contribution in [0.4, 0.5) is 0 Å². The van der Waals surface area contributed by atoms with E-state index >= 15 is 0 Å². The van der Waals surface area contributed by atoms with Crippen LogP contribution in [-0.2, 0) is 19.1 Å². The average Bonchev–Trinajstić information content (AvgIpc) is 1.01. The fourth-order valence-corrected chi connectivity index (χ4v) is 12.3. The van der Waals surface area contributed by atoms with Crippen molar-refractivity contribution in [2.24, 2.45) is 59.2 Å². The number of thioether (sulfide) groups is 1. The molecule has 0 fully saturated rings. The minimum atomic E-state index is -0.818. The molecule has 0 spiro atoms. The Morgan fingerprint density at radius 3 is 1.71 bits per heavy atom. The van der Waals surface area contributed by atoms with Gasteiger partial charge in [-0.05, 0) is 125 Å². The Morgan fingerprint density at radius 1 is 0.702 bits per heavy atom. The van der Waals surface area contributed by atoms with Gasteiger partial charge in [-0.25, -0.2) is 0 Å². The number of rotatable bonds is 20. The van der Waals surface area contributed by atoms with Crippen molar-refractivity contribution in [2.45, 2.75) is 166 Å². The Hall–Kier alpha value is -5.75. The summed E-state index contributed by atoms with van der Waals surface area (Å²) in [6.45, 7) is 33.3. The van der Waals surface area contributed by atoms with Gasteiger partial charge in [-0.1, -0.05) is 143 Å². The molecule has 1 heterocycles. The number of hydrogen-bond donors (Lipinski definition) is 2. The van der Waals surface area contributed by atoms with E-state index in [1.807, 2.05) is 18.2 Å². The molecule has 0 amide bonds. The molecule has 0 saturated heterocycles. The highest BCUT2D eigenvalue weighted by Gasteiger charge is 2.49. The standard InChI is InChI=1S/C23H34O3.C16H24O5S.C13H18O3.2C10H16/c1-14(2)10-18-19-11-16(15(3)4)8-9-23(19,5)26-21-13-17(24-6)12-20(25-7)22(18)21;1-10(2)7-14(22-6-5-15(18)19)16-12(17)8-11(20-3)9-13(16)21-4;1-9(2)5-6-11-12(14)7-10(15-3)8-13(11)16-4;2*1-8(2)10-6-4-9(3)5-7-10/h8-9,12-16,18-19H,10-11H2,1-7H3;8-10,14,17H,5-7H2,1-4H3,(H,18,19);6-9H,5H2,1-4H3;2*4-6,8,10H,7H2,1-3H3/t16-,18?,19-,23-;;;2*10-/m1..11/s1. The number of benzene rings is 2. The summed E-state index contributed by atoms with van der Waals surface area (Å²) >= 11 is 1.53. The van der Waals surface area contributed by atoms with Crippen LogP contribution >= 0.6 is 11.8 Å². The van der Waals surface area contributed by atoms with Gasteiger partial charge < -0.3 is 43.4 Å². The molecule has 0 saturated carbocycles. The average molecular weight is 1180 g/mol. The molecule has 12 heteroatoms. The lowest BCUT2D eigenvalue weighted by Crippen LogP contribution is -2.49. The molecule has 0 bridgehead atoms. The predicted molar refractivity (Wildman–Crippen MR) is 349 cm³/mol. The van der Waals surface area contributed by atoms with Gasteiger partial charge in [-0.2, -0.15) is 11.8 Å². The van der Waals surface area contributed by atoms with Crippen LogP contribution in [0.2, 0.25) is 0 Å². The molecule has 7 rings (SSSR count). The number of ether oxygens (including phenoxy) is 7. The second-order valence-corrected chi connectivity index (χ2v) is 26.6. The van der Waals surface area contributed by atoms with Gasteiger partial charge >= 0.3 is 5.97 Å². The fraction of sp³-hybridized carbons (Fsp3) is 0.583. The first-order chi connectivity index (χ1) is 39.6. The van der Waals surface area contributed by atoms with Crippen LogP contribution < -0.4 is 23.7 Å². The number of hydrogen-bond acceptors (Lipinski definition) is 11. The van der Waals surface area contributed by atoms with Crippen LogP contribution in [-0.4, -0.2) is 76.0 Å². The van der Waals surface area contributed by atoms with Crippen molar-refractivity contribution in [3.63, 3.8) is 0 Å². The number of phenolic OH excluding ortho intramolecular Hbond substituents is 1. The summed E-state index contributed by atoms with van der Waals surface area (Å²) in [6, 6.07) is 7.31. The highest BCUT2D eigenvalue weighted by Crippen LogP contribution is 2.56. The molecule has 2 unspecified atom stereocenters. The monoisotopic (exact) mass is 1180 g/mol. The number of ketones is 1. The highest BCUT2D eigenvalue weighted by molar-refractivity contribution is 7.99. The molecule has 11 nitrogen and oxygen atoms in total. The Morgan fingerprint density at radius 2 is 1.26 bits per heavy atom. The van der Waals surface area contributed by atoms with Crippen molar-refractivity contribution in [1.82, 2.24) is 0 Å². The van der Waals surface area contributed by atoms with Gasteiger partial charge in [0.25, 0.3) is 0 Å². The Bertz CT molecular complexity index is 2620. The first-order valence-electron chi connectivity index (χ1n) is 30.5. The summed E-state index contributed by atoms with van der Waals surface area (Å²) in [5.41, 5.74) is 5.11. The molecule has 2 aromatic carbocycles. The summed E-state index contributed by atoms with van der Waals surface area (Å²) in [4.78, 5) is 22.5. The smallest absolute Gasteiger partial charge is 0.304 e. The summed E-state index contributed by atoms with van der Waals surface area (Å²) < 4.78 is 38.6. The van der Waals surface area contributed by atoms with Gasteiger partial charge in [0, 0.05) is 64.5 Å². The van der Waals surface area contributed by atoms with E-state index < -0.39 is 5.97 Å².